The summed E-state index contributed by atoms with van der Waals surface area (Å²) in [6, 6.07) is 0. The number of allylic oxidation sites excluding steroid dienone is 1. The second-order valence-electron chi connectivity index (χ2n) is 8.75. The molecule has 0 aliphatic heterocycles. The van der Waals surface area contributed by atoms with E-state index in [-0.39, 0.29) is 0 Å². The molecule has 2 rings (SSSR count). The molecule has 1 N–H and O–H groups in total. The molecule has 4 atom stereocenters. The van der Waals surface area contributed by atoms with Gasteiger partial charge >= 0.3 is 0 Å². The summed E-state index contributed by atoms with van der Waals surface area (Å²) in [5.74, 6) is 1.35. The van der Waals surface area contributed by atoms with Gasteiger partial charge in [0.1, 0.15) is 0 Å². The lowest BCUT2D eigenvalue weighted by Gasteiger charge is -2.58. The molecule has 2 aliphatic rings. The highest BCUT2D eigenvalue weighted by Gasteiger charge is 2.52. The van der Waals surface area contributed by atoms with Crippen LogP contribution in [0.1, 0.15) is 72.6 Å². The third kappa shape index (κ3) is 3.13. The molecule has 0 spiro atoms. The Hall–Kier alpha value is -0.560. The van der Waals surface area contributed by atoms with E-state index < -0.39 is 5.60 Å². The van der Waals surface area contributed by atoms with Crippen LogP contribution in [0.25, 0.3) is 0 Å². The van der Waals surface area contributed by atoms with Crippen LogP contribution < -0.4 is 0 Å². The zero-order chi connectivity index (χ0) is 15.9. The van der Waals surface area contributed by atoms with Crippen LogP contribution in [-0.2, 0) is 0 Å². The van der Waals surface area contributed by atoms with Crippen molar-refractivity contribution in [2.75, 3.05) is 0 Å². The van der Waals surface area contributed by atoms with E-state index in [0.29, 0.717) is 16.7 Å². The molecule has 2 aliphatic carbocycles. The third-order valence-corrected chi connectivity index (χ3v) is 6.70. The van der Waals surface area contributed by atoms with Crippen molar-refractivity contribution in [2.45, 2.75) is 78.2 Å². The first kappa shape index (κ1) is 16.8. The second kappa shape index (κ2) is 5.57. The van der Waals surface area contributed by atoms with Crippen LogP contribution in [0.4, 0.5) is 0 Å². The predicted octanol–water partition coefficient (Wildman–Crippen LogP) is 5.50. The summed E-state index contributed by atoms with van der Waals surface area (Å²) < 4.78 is 0. The molecular weight excluding hydrogens is 256 g/mol. The smallest absolute Gasteiger partial charge is 0.0797 e. The zero-order valence-corrected chi connectivity index (χ0v) is 14.5. The van der Waals surface area contributed by atoms with Crippen LogP contribution in [0, 0.1) is 22.7 Å². The summed E-state index contributed by atoms with van der Waals surface area (Å²) >= 11 is 0. The minimum atomic E-state index is -0.742. The van der Waals surface area contributed by atoms with Crippen LogP contribution in [0.5, 0.6) is 0 Å². The molecule has 0 aromatic carbocycles. The standard InChI is InChI=1S/C20H34O/c1-7-19(5,21)14-11-16-15(2)9-10-17-18(3,4)12-8-13-20(16,17)6/h7,16-17,21H,1-2,8-14H2,3-6H3/t16-,17+,19-,20-/m1/s1. The van der Waals surface area contributed by atoms with E-state index in [1.807, 2.05) is 6.92 Å². The van der Waals surface area contributed by atoms with Crippen LogP contribution in [0.3, 0.4) is 0 Å². The zero-order valence-electron chi connectivity index (χ0n) is 14.5. The molecule has 0 radical (unpaired) electrons. The monoisotopic (exact) mass is 290 g/mol. The highest BCUT2D eigenvalue weighted by atomic mass is 16.3. The van der Waals surface area contributed by atoms with Crippen molar-refractivity contribution in [3.8, 4) is 0 Å². The normalized spacial score (nSPS) is 38.4. The second-order valence-corrected chi connectivity index (χ2v) is 8.75. The van der Waals surface area contributed by atoms with Crippen LogP contribution >= 0.6 is 0 Å². The molecule has 0 amide bonds. The van der Waals surface area contributed by atoms with Gasteiger partial charge in [-0.05, 0) is 68.1 Å². The molecule has 0 heterocycles. The van der Waals surface area contributed by atoms with Gasteiger partial charge in [0.2, 0.25) is 0 Å². The highest BCUT2D eigenvalue weighted by molar-refractivity contribution is 5.16. The molecule has 2 saturated carbocycles. The highest BCUT2D eigenvalue weighted by Crippen LogP contribution is 2.61. The van der Waals surface area contributed by atoms with Gasteiger partial charge in [0, 0.05) is 0 Å². The van der Waals surface area contributed by atoms with Gasteiger partial charge in [-0.2, -0.15) is 0 Å². The van der Waals surface area contributed by atoms with Gasteiger partial charge in [0.25, 0.3) is 0 Å². The fourth-order valence-electron chi connectivity index (χ4n) is 5.35. The topological polar surface area (TPSA) is 20.2 Å². The van der Waals surface area contributed by atoms with E-state index in [9.17, 15) is 5.11 Å². The Labute approximate surface area is 131 Å². The lowest BCUT2D eigenvalue weighted by atomic mass is 9.47. The predicted molar refractivity (Wildman–Crippen MR) is 91.1 cm³/mol. The first-order chi connectivity index (χ1) is 9.62. The fraction of sp³-hybridized carbons (Fsp3) is 0.800. The maximum Gasteiger partial charge on any atom is 0.0797 e. The van der Waals surface area contributed by atoms with Gasteiger partial charge in [-0.1, -0.05) is 45.4 Å². The average molecular weight is 290 g/mol. The van der Waals surface area contributed by atoms with Crippen LogP contribution in [-0.4, -0.2) is 10.7 Å². The summed E-state index contributed by atoms with van der Waals surface area (Å²) in [5, 5.41) is 10.3. The fourth-order valence-corrected chi connectivity index (χ4v) is 5.35. The molecule has 0 saturated heterocycles. The summed E-state index contributed by atoms with van der Waals surface area (Å²) in [6.45, 7) is 17.4. The van der Waals surface area contributed by atoms with Crippen molar-refractivity contribution in [3.63, 3.8) is 0 Å². The van der Waals surface area contributed by atoms with Gasteiger partial charge in [0.05, 0.1) is 5.60 Å². The number of hydrogen-bond acceptors (Lipinski definition) is 1. The maximum atomic E-state index is 10.3. The van der Waals surface area contributed by atoms with Crippen molar-refractivity contribution in [1.29, 1.82) is 0 Å². The number of fused-ring (bicyclic) bond motifs is 1. The largest absolute Gasteiger partial charge is 0.386 e. The van der Waals surface area contributed by atoms with E-state index in [2.05, 4.69) is 33.9 Å². The van der Waals surface area contributed by atoms with Gasteiger partial charge < -0.3 is 5.11 Å². The minimum Gasteiger partial charge on any atom is -0.386 e. The molecule has 0 unspecified atom stereocenters. The Morgan fingerprint density at radius 3 is 2.62 bits per heavy atom. The molecule has 1 nitrogen and oxygen atoms in total. The summed E-state index contributed by atoms with van der Waals surface area (Å²) in [4.78, 5) is 0. The lowest BCUT2D eigenvalue weighted by molar-refractivity contribution is -0.0583. The molecule has 1 heteroatoms. The Morgan fingerprint density at radius 2 is 2.00 bits per heavy atom. The van der Waals surface area contributed by atoms with Crippen molar-refractivity contribution < 1.29 is 5.11 Å². The Bertz CT molecular complexity index is 418. The minimum absolute atomic E-state index is 0.369. The first-order valence-corrected chi connectivity index (χ1v) is 8.66. The molecule has 0 aromatic heterocycles. The lowest BCUT2D eigenvalue weighted by Crippen LogP contribution is -2.49. The summed E-state index contributed by atoms with van der Waals surface area (Å²) in [6.07, 6.45) is 10.0. The summed E-state index contributed by atoms with van der Waals surface area (Å²) in [5.41, 5.74) is 1.50. The van der Waals surface area contributed by atoms with Gasteiger partial charge in [0.15, 0.2) is 0 Å². The molecule has 2 fully saturated rings. The van der Waals surface area contributed by atoms with Crippen molar-refractivity contribution in [1.82, 2.24) is 0 Å². The SMILES string of the molecule is C=C[C@@](C)(O)CC[C@@H]1C(=C)CC[C@H]2C(C)(C)CCC[C@]12C. The average Bonchev–Trinajstić information content (AvgIpc) is 2.36. The molecule has 0 bridgehead atoms. The molecule has 120 valence electrons. The maximum absolute atomic E-state index is 10.3. The van der Waals surface area contributed by atoms with Crippen molar-refractivity contribution in [3.05, 3.63) is 24.8 Å². The van der Waals surface area contributed by atoms with Gasteiger partial charge in [-0.15, -0.1) is 6.58 Å². The van der Waals surface area contributed by atoms with E-state index >= 15 is 0 Å². The molecule has 0 aromatic rings. The van der Waals surface area contributed by atoms with Crippen LogP contribution in [0.15, 0.2) is 24.8 Å². The van der Waals surface area contributed by atoms with Crippen molar-refractivity contribution in [2.24, 2.45) is 22.7 Å². The third-order valence-electron chi connectivity index (χ3n) is 6.70. The molecule has 21 heavy (non-hydrogen) atoms. The summed E-state index contributed by atoms with van der Waals surface area (Å²) in [7, 11) is 0. The van der Waals surface area contributed by atoms with Crippen LogP contribution in [0.2, 0.25) is 0 Å². The van der Waals surface area contributed by atoms with E-state index in [4.69, 9.17) is 0 Å². The first-order valence-electron chi connectivity index (χ1n) is 8.66. The van der Waals surface area contributed by atoms with E-state index in [0.717, 1.165) is 18.8 Å². The van der Waals surface area contributed by atoms with Crippen molar-refractivity contribution >= 4 is 0 Å². The van der Waals surface area contributed by atoms with Gasteiger partial charge in [-0.25, -0.2) is 0 Å². The van der Waals surface area contributed by atoms with E-state index in [1.54, 1.807) is 6.08 Å². The molecular formula is C20H34O. The number of hydrogen-bond donors (Lipinski definition) is 1. The van der Waals surface area contributed by atoms with E-state index in [1.165, 1.54) is 37.7 Å². The number of rotatable bonds is 4. The van der Waals surface area contributed by atoms with Gasteiger partial charge in [-0.3, -0.25) is 0 Å². The number of aliphatic hydroxyl groups is 1. The Morgan fingerprint density at radius 1 is 1.33 bits per heavy atom. The quantitative estimate of drug-likeness (QED) is 0.678. The Kier molecular flexibility index (Phi) is 4.46. The Balaban J connectivity index is 2.21.